The minimum atomic E-state index is -0.322. The number of aromatic nitrogens is 2. The first-order valence-corrected chi connectivity index (χ1v) is 5.49. The Balaban J connectivity index is 2.29. The molecule has 1 unspecified atom stereocenters. The van der Waals surface area contributed by atoms with E-state index in [0.717, 1.165) is 12.2 Å². The van der Waals surface area contributed by atoms with Gasteiger partial charge in [-0.05, 0) is 35.8 Å². The van der Waals surface area contributed by atoms with Gasteiger partial charge >= 0.3 is 0 Å². The highest BCUT2D eigenvalue weighted by Gasteiger charge is 2.13. The molecule has 92 valence electrons. The molecule has 6 heteroatoms. The van der Waals surface area contributed by atoms with Crippen molar-refractivity contribution in [3.63, 3.8) is 0 Å². The van der Waals surface area contributed by atoms with Crippen LogP contribution in [0.5, 0.6) is 0 Å². The van der Waals surface area contributed by atoms with Gasteiger partial charge in [-0.25, -0.2) is 4.63 Å². The third kappa shape index (κ3) is 2.31. The van der Waals surface area contributed by atoms with Gasteiger partial charge in [0.05, 0.1) is 17.5 Å². The lowest BCUT2D eigenvalue weighted by Gasteiger charge is -2.20. The van der Waals surface area contributed by atoms with Crippen LogP contribution in [0.4, 0.5) is 11.4 Å². The molecule has 6 nitrogen and oxygen atoms in total. The van der Waals surface area contributed by atoms with Gasteiger partial charge in [-0.3, -0.25) is 0 Å². The maximum atomic E-state index is 9.27. The summed E-state index contributed by atoms with van der Waals surface area (Å²) in [4.78, 5) is 2.00. The maximum absolute atomic E-state index is 9.27. The molecule has 1 aromatic carbocycles. The number of nitrogens with two attached hydrogens (primary N) is 1. The topological polar surface area (TPSA) is 88.4 Å². The van der Waals surface area contributed by atoms with Gasteiger partial charge in [0.15, 0.2) is 11.0 Å². The second-order valence-electron chi connectivity index (χ2n) is 4.19. The van der Waals surface area contributed by atoms with E-state index in [2.05, 4.69) is 10.3 Å². The fourth-order valence-electron chi connectivity index (χ4n) is 1.68. The number of hydrogen-bond donors (Lipinski definition) is 2. The molecule has 0 saturated heterocycles. The molecule has 1 heterocycles. The summed E-state index contributed by atoms with van der Waals surface area (Å²) >= 11 is 0. The Kier molecular flexibility index (Phi) is 3.14. The molecule has 0 amide bonds. The smallest absolute Gasteiger partial charge is 0.160 e. The fourth-order valence-corrected chi connectivity index (χ4v) is 1.68. The molecule has 0 aliphatic carbocycles. The van der Waals surface area contributed by atoms with E-state index in [0.29, 0.717) is 23.1 Å². The molecule has 0 fully saturated rings. The lowest BCUT2D eigenvalue weighted by molar-refractivity contribution is 0.187. The van der Waals surface area contributed by atoms with Crippen molar-refractivity contribution in [1.29, 1.82) is 0 Å². The molecule has 0 saturated carbocycles. The molecule has 0 aliphatic heterocycles. The van der Waals surface area contributed by atoms with Crippen LogP contribution in [-0.2, 0) is 0 Å². The van der Waals surface area contributed by atoms with E-state index in [1.807, 2.05) is 18.0 Å². The first-order chi connectivity index (χ1) is 8.09. The Morgan fingerprint density at radius 3 is 2.82 bits per heavy atom. The molecule has 0 bridgehead atoms. The number of fused-ring (bicyclic) bond motifs is 1. The number of nitrogens with zero attached hydrogens (tertiary/aromatic N) is 3. The molecule has 3 N–H and O–H groups in total. The average Bonchev–Trinajstić information content (AvgIpc) is 2.76. The minimum Gasteiger partial charge on any atom is -0.397 e. The Morgan fingerprint density at radius 1 is 1.41 bits per heavy atom. The highest BCUT2D eigenvalue weighted by molar-refractivity contribution is 5.95. The Labute approximate surface area is 99.0 Å². The summed E-state index contributed by atoms with van der Waals surface area (Å²) < 4.78 is 4.71. The molecule has 17 heavy (non-hydrogen) atoms. The zero-order chi connectivity index (χ0) is 12.4. The van der Waals surface area contributed by atoms with Gasteiger partial charge in [0.25, 0.3) is 0 Å². The first-order valence-electron chi connectivity index (χ1n) is 5.49. The molecule has 1 atom stereocenters. The van der Waals surface area contributed by atoms with E-state index in [-0.39, 0.29) is 6.10 Å². The summed E-state index contributed by atoms with van der Waals surface area (Å²) in [7, 11) is 1.93. The van der Waals surface area contributed by atoms with Gasteiger partial charge in [0.1, 0.15) is 0 Å². The number of anilines is 2. The van der Waals surface area contributed by atoms with Crippen LogP contribution >= 0.6 is 0 Å². The van der Waals surface area contributed by atoms with Crippen molar-refractivity contribution in [3.8, 4) is 0 Å². The van der Waals surface area contributed by atoms with Crippen LogP contribution in [0.3, 0.4) is 0 Å². The molecule has 1 aromatic heterocycles. The van der Waals surface area contributed by atoms with Crippen LogP contribution in [-0.4, -0.2) is 35.1 Å². The Morgan fingerprint density at radius 2 is 2.12 bits per heavy atom. The lowest BCUT2D eigenvalue weighted by Crippen LogP contribution is -2.22. The summed E-state index contributed by atoms with van der Waals surface area (Å²) in [5.41, 5.74) is 8.45. The van der Waals surface area contributed by atoms with Crippen molar-refractivity contribution in [2.45, 2.75) is 19.4 Å². The predicted molar refractivity (Wildman–Crippen MR) is 65.8 cm³/mol. The van der Waals surface area contributed by atoms with E-state index in [1.165, 1.54) is 0 Å². The third-order valence-corrected chi connectivity index (χ3v) is 2.72. The van der Waals surface area contributed by atoms with E-state index in [4.69, 9.17) is 10.4 Å². The van der Waals surface area contributed by atoms with E-state index in [1.54, 1.807) is 13.0 Å². The summed E-state index contributed by atoms with van der Waals surface area (Å²) in [5.74, 6) is 0. The zero-order valence-corrected chi connectivity index (χ0v) is 9.92. The SMILES string of the molecule is CC(O)CCN(C)c1ccc(N)c2nonc12. The zero-order valence-electron chi connectivity index (χ0n) is 9.92. The molecule has 0 aliphatic rings. The van der Waals surface area contributed by atoms with Crippen LogP contribution in [0, 0.1) is 0 Å². The van der Waals surface area contributed by atoms with E-state index >= 15 is 0 Å². The van der Waals surface area contributed by atoms with Crippen molar-refractivity contribution in [1.82, 2.24) is 10.3 Å². The standard InChI is InChI=1S/C11H16N4O2/c1-7(16)5-6-15(2)9-4-3-8(12)10-11(9)14-17-13-10/h3-4,7,16H,5-6,12H2,1-2H3. The van der Waals surface area contributed by atoms with Gasteiger partial charge in [0, 0.05) is 13.6 Å². The normalized spacial score (nSPS) is 12.9. The van der Waals surface area contributed by atoms with Crippen molar-refractivity contribution in [2.24, 2.45) is 0 Å². The van der Waals surface area contributed by atoms with Gasteiger partial charge in [0.2, 0.25) is 0 Å². The van der Waals surface area contributed by atoms with Crippen LogP contribution in [0.15, 0.2) is 16.8 Å². The predicted octanol–water partition coefficient (Wildman–Crippen LogP) is 1.01. The van der Waals surface area contributed by atoms with Crippen molar-refractivity contribution in [2.75, 3.05) is 24.2 Å². The van der Waals surface area contributed by atoms with Crippen molar-refractivity contribution >= 4 is 22.4 Å². The highest BCUT2D eigenvalue weighted by Crippen LogP contribution is 2.27. The third-order valence-electron chi connectivity index (χ3n) is 2.72. The summed E-state index contributed by atoms with van der Waals surface area (Å²) in [6, 6.07) is 3.66. The number of nitrogen functional groups attached to an aromatic ring is 1. The number of aliphatic hydroxyl groups is 1. The number of rotatable bonds is 4. The molecule has 2 aromatic rings. The lowest BCUT2D eigenvalue weighted by atomic mass is 10.2. The largest absolute Gasteiger partial charge is 0.397 e. The van der Waals surface area contributed by atoms with E-state index in [9.17, 15) is 5.11 Å². The number of benzene rings is 1. The molecule has 0 spiro atoms. The molecular formula is C11H16N4O2. The van der Waals surface area contributed by atoms with Gasteiger partial charge in [-0.1, -0.05) is 0 Å². The van der Waals surface area contributed by atoms with Crippen LogP contribution in [0.2, 0.25) is 0 Å². The van der Waals surface area contributed by atoms with E-state index < -0.39 is 0 Å². The maximum Gasteiger partial charge on any atom is 0.160 e. The Hall–Kier alpha value is -1.82. The number of aliphatic hydroxyl groups excluding tert-OH is 1. The molecular weight excluding hydrogens is 220 g/mol. The van der Waals surface area contributed by atoms with Crippen molar-refractivity contribution < 1.29 is 9.74 Å². The monoisotopic (exact) mass is 236 g/mol. The van der Waals surface area contributed by atoms with Crippen LogP contribution in [0.1, 0.15) is 13.3 Å². The summed E-state index contributed by atoms with van der Waals surface area (Å²) in [6.45, 7) is 2.49. The van der Waals surface area contributed by atoms with Crippen molar-refractivity contribution in [3.05, 3.63) is 12.1 Å². The fraction of sp³-hybridized carbons (Fsp3) is 0.455. The second kappa shape index (κ2) is 4.58. The van der Waals surface area contributed by atoms with Gasteiger partial charge in [-0.15, -0.1) is 0 Å². The van der Waals surface area contributed by atoms with Crippen LogP contribution < -0.4 is 10.6 Å². The molecule has 0 radical (unpaired) electrons. The molecule has 2 rings (SSSR count). The van der Waals surface area contributed by atoms with Gasteiger partial charge < -0.3 is 15.7 Å². The summed E-state index contributed by atoms with van der Waals surface area (Å²) in [5, 5.41) is 16.9. The average molecular weight is 236 g/mol. The first kappa shape index (κ1) is 11.7. The van der Waals surface area contributed by atoms with Gasteiger partial charge in [-0.2, -0.15) is 0 Å². The Bertz CT molecular complexity index is 509. The second-order valence-corrected chi connectivity index (χ2v) is 4.19. The quantitative estimate of drug-likeness (QED) is 0.770. The minimum absolute atomic E-state index is 0.322. The summed E-state index contributed by atoms with van der Waals surface area (Å²) in [6.07, 6.45) is 0.366. The highest BCUT2D eigenvalue weighted by atomic mass is 16.6. The van der Waals surface area contributed by atoms with Crippen LogP contribution in [0.25, 0.3) is 11.0 Å². The number of hydrogen-bond acceptors (Lipinski definition) is 6.